The Morgan fingerprint density at radius 1 is 1.36 bits per heavy atom. The van der Waals surface area contributed by atoms with Crippen LogP contribution in [0.25, 0.3) is 0 Å². The lowest BCUT2D eigenvalue weighted by atomic mass is 9.99. The molecule has 28 heavy (non-hydrogen) atoms. The van der Waals surface area contributed by atoms with Crippen molar-refractivity contribution < 1.29 is 19.0 Å². The van der Waals surface area contributed by atoms with Crippen LogP contribution in [0.15, 0.2) is 45.5 Å². The lowest BCUT2D eigenvalue weighted by Crippen LogP contribution is -2.38. The van der Waals surface area contributed by atoms with Crippen LogP contribution in [-0.4, -0.2) is 36.9 Å². The number of hydrogen-bond acceptors (Lipinski definition) is 7. The Morgan fingerprint density at radius 2 is 2.07 bits per heavy atom. The molecule has 150 valence electrons. The summed E-state index contributed by atoms with van der Waals surface area (Å²) in [5, 5.41) is 6.45. The molecule has 2 aliphatic heterocycles. The van der Waals surface area contributed by atoms with Gasteiger partial charge in [-0.1, -0.05) is 24.0 Å². The van der Waals surface area contributed by atoms with Gasteiger partial charge in [0.2, 0.25) is 0 Å². The highest BCUT2D eigenvalue weighted by Crippen LogP contribution is 2.41. The van der Waals surface area contributed by atoms with Crippen molar-refractivity contribution in [1.29, 1.82) is 0 Å². The van der Waals surface area contributed by atoms with E-state index in [2.05, 4.69) is 10.6 Å². The van der Waals surface area contributed by atoms with E-state index in [9.17, 15) is 4.79 Å². The molecule has 0 saturated heterocycles. The summed E-state index contributed by atoms with van der Waals surface area (Å²) in [6, 6.07) is 7.42. The fraction of sp³-hybridized carbons (Fsp3) is 0.400. The number of carbonyl (C=O) groups excluding carboxylic acids is 1. The Kier molecular flexibility index (Phi) is 6.32. The molecule has 0 aromatic heterocycles. The predicted molar refractivity (Wildman–Crippen MR) is 115 cm³/mol. The van der Waals surface area contributed by atoms with Crippen LogP contribution in [0.4, 0.5) is 5.69 Å². The highest BCUT2D eigenvalue weighted by Gasteiger charge is 2.35. The van der Waals surface area contributed by atoms with Crippen molar-refractivity contribution in [2.75, 3.05) is 25.6 Å². The third kappa shape index (κ3) is 4.68. The molecule has 0 aliphatic carbocycles. The summed E-state index contributed by atoms with van der Waals surface area (Å²) in [7, 11) is 1.62. The number of rotatable bonds is 5. The van der Waals surface area contributed by atoms with Gasteiger partial charge in [0.15, 0.2) is 0 Å². The first-order valence-electron chi connectivity index (χ1n) is 9.00. The van der Waals surface area contributed by atoms with Gasteiger partial charge in [-0.05, 0) is 45.0 Å². The number of methoxy groups -OCH3 is 1. The first-order chi connectivity index (χ1) is 13.3. The molecule has 8 heteroatoms. The molecule has 0 bridgehead atoms. The fourth-order valence-electron chi connectivity index (χ4n) is 2.88. The molecule has 6 nitrogen and oxygen atoms in total. The largest absolute Gasteiger partial charge is 0.497 e. The van der Waals surface area contributed by atoms with Gasteiger partial charge < -0.3 is 24.8 Å². The molecule has 0 radical (unpaired) electrons. The third-order valence-electron chi connectivity index (χ3n) is 4.29. The quantitative estimate of drug-likeness (QED) is 0.548. The van der Waals surface area contributed by atoms with E-state index < -0.39 is 5.97 Å². The number of carbonyl (C=O) groups is 1. The minimum Gasteiger partial charge on any atom is -0.497 e. The molecular weight excluding hydrogens is 396 g/mol. The average Bonchev–Trinajstić information content (AvgIpc) is 2.67. The minimum absolute atomic E-state index is 0.286. The third-order valence-corrected chi connectivity index (χ3v) is 5.95. The van der Waals surface area contributed by atoms with E-state index in [-0.39, 0.29) is 5.60 Å². The van der Waals surface area contributed by atoms with Crippen LogP contribution in [0.5, 0.6) is 5.75 Å². The molecule has 0 saturated carbocycles. The Bertz CT molecular complexity index is 844. The van der Waals surface area contributed by atoms with Crippen molar-refractivity contribution in [3.63, 3.8) is 0 Å². The van der Waals surface area contributed by atoms with Crippen LogP contribution in [-0.2, 0) is 14.3 Å². The maximum Gasteiger partial charge on any atom is 0.356 e. The van der Waals surface area contributed by atoms with Gasteiger partial charge in [0.05, 0.1) is 30.8 Å². The van der Waals surface area contributed by atoms with Crippen LogP contribution < -0.4 is 15.4 Å². The van der Waals surface area contributed by atoms with Crippen LogP contribution in [0.2, 0.25) is 0 Å². The Hall–Kier alpha value is -2.03. The fourth-order valence-corrected chi connectivity index (χ4v) is 4.22. The van der Waals surface area contributed by atoms with Crippen molar-refractivity contribution >= 4 is 40.6 Å². The predicted octanol–water partition coefficient (Wildman–Crippen LogP) is 3.96. The molecule has 1 aromatic rings. The van der Waals surface area contributed by atoms with E-state index in [1.165, 1.54) is 11.8 Å². The first-order valence-corrected chi connectivity index (χ1v) is 10.2. The monoisotopic (exact) mass is 420 g/mol. The van der Waals surface area contributed by atoms with Crippen molar-refractivity contribution in [2.24, 2.45) is 0 Å². The topological polar surface area (TPSA) is 68.8 Å². The number of hydrogen-bond donors (Lipinski definition) is 2. The molecule has 3 rings (SSSR count). The standard InChI is InChI=1S/C20H24N2O4S2/c1-5-25-19(23)16-17(18(27)21-12-6-8-13(24-4)9-7-12)28-15-11-26-20(2,3)10-14(15)22-16/h6-9,22H,5,10-11H2,1-4H3,(H,21,27). The second-order valence-electron chi connectivity index (χ2n) is 6.96. The summed E-state index contributed by atoms with van der Waals surface area (Å²) in [6.45, 7) is 6.61. The highest BCUT2D eigenvalue weighted by molar-refractivity contribution is 8.08. The first kappa shape index (κ1) is 20.7. The average molecular weight is 421 g/mol. The van der Waals surface area contributed by atoms with Gasteiger partial charge in [-0.15, -0.1) is 0 Å². The summed E-state index contributed by atoms with van der Waals surface area (Å²) in [5.74, 6) is 0.341. The number of esters is 1. The van der Waals surface area contributed by atoms with Gasteiger partial charge in [-0.3, -0.25) is 0 Å². The van der Waals surface area contributed by atoms with Crippen LogP contribution >= 0.6 is 24.0 Å². The van der Waals surface area contributed by atoms with Crippen molar-refractivity contribution in [1.82, 2.24) is 5.32 Å². The normalized spacial score (nSPS) is 18.1. The highest BCUT2D eigenvalue weighted by atomic mass is 32.2. The number of thiocarbonyl (C=S) groups is 1. The smallest absolute Gasteiger partial charge is 0.356 e. The van der Waals surface area contributed by atoms with Crippen LogP contribution in [0, 0.1) is 0 Å². The molecule has 0 amide bonds. The van der Waals surface area contributed by atoms with E-state index in [1.807, 2.05) is 38.1 Å². The van der Waals surface area contributed by atoms with E-state index in [1.54, 1.807) is 14.0 Å². The number of nitrogens with one attached hydrogen (secondary N) is 2. The van der Waals surface area contributed by atoms with E-state index in [4.69, 9.17) is 26.4 Å². The second kappa shape index (κ2) is 8.55. The minimum atomic E-state index is -0.417. The summed E-state index contributed by atoms with van der Waals surface area (Å²) < 4.78 is 16.3. The number of benzene rings is 1. The van der Waals surface area contributed by atoms with Crippen molar-refractivity contribution in [3.05, 3.63) is 45.5 Å². The van der Waals surface area contributed by atoms with Gasteiger partial charge in [-0.25, -0.2) is 4.79 Å². The zero-order valence-corrected chi connectivity index (χ0v) is 18.0. The van der Waals surface area contributed by atoms with Gasteiger partial charge in [0, 0.05) is 22.7 Å². The summed E-state index contributed by atoms with van der Waals surface area (Å²) >= 11 is 7.06. The molecule has 0 unspecified atom stereocenters. The van der Waals surface area contributed by atoms with Gasteiger partial charge >= 0.3 is 5.97 Å². The summed E-state index contributed by atoms with van der Waals surface area (Å²) in [4.78, 5) is 14.7. The molecule has 1 aromatic carbocycles. The van der Waals surface area contributed by atoms with Crippen LogP contribution in [0.3, 0.4) is 0 Å². The van der Waals surface area contributed by atoms with Crippen LogP contribution in [0.1, 0.15) is 27.2 Å². The molecule has 2 aliphatic rings. The summed E-state index contributed by atoms with van der Waals surface area (Å²) in [6.07, 6.45) is 0.685. The lowest BCUT2D eigenvalue weighted by Gasteiger charge is -2.36. The second-order valence-corrected chi connectivity index (χ2v) is 8.47. The number of thioether (sulfide) groups is 1. The maximum absolute atomic E-state index is 12.6. The SMILES string of the molecule is CCOC(=O)C1=C(C(=S)Nc2ccc(OC)cc2)SC2=C(CC(C)(C)OC2)N1. The van der Waals surface area contributed by atoms with E-state index in [0.29, 0.717) is 35.2 Å². The van der Waals surface area contributed by atoms with Crippen molar-refractivity contribution in [3.8, 4) is 5.75 Å². The molecule has 0 spiro atoms. The Morgan fingerprint density at radius 3 is 2.71 bits per heavy atom. The Labute approximate surface area is 174 Å². The number of ether oxygens (including phenoxy) is 3. The molecule has 2 heterocycles. The zero-order chi connectivity index (χ0) is 20.3. The molecular formula is C20H24N2O4S2. The maximum atomic E-state index is 12.6. The summed E-state index contributed by atoms with van der Waals surface area (Å²) in [5.41, 5.74) is 1.88. The Balaban J connectivity index is 1.85. The zero-order valence-electron chi connectivity index (χ0n) is 16.4. The van der Waals surface area contributed by atoms with E-state index >= 15 is 0 Å². The molecule has 0 atom stereocenters. The molecule has 2 N–H and O–H groups in total. The van der Waals surface area contributed by atoms with E-state index in [0.717, 1.165) is 22.0 Å². The van der Waals surface area contributed by atoms with Gasteiger partial charge in [-0.2, -0.15) is 0 Å². The number of anilines is 1. The van der Waals surface area contributed by atoms with Crippen molar-refractivity contribution in [2.45, 2.75) is 32.8 Å². The van der Waals surface area contributed by atoms with Gasteiger partial charge in [0.25, 0.3) is 0 Å². The lowest BCUT2D eigenvalue weighted by molar-refractivity contribution is -0.138. The van der Waals surface area contributed by atoms with Gasteiger partial charge in [0.1, 0.15) is 16.4 Å². The molecule has 0 fully saturated rings.